The topological polar surface area (TPSA) is 107 Å². The number of hydrogen-bond donors (Lipinski definition) is 3. The lowest BCUT2D eigenvalue weighted by molar-refractivity contribution is -0.645. The lowest BCUT2D eigenvalue weighted by Crippen LogP contribution is -2.34. The van der Waals surface area contributed by atoms with Crippen LogP contribution in [-0.2, 0) is 29.2 Å². The summed E-state index contributed by atoms with van der Waals surface area (Å²) in [4.78, 5) is 12.2. The average molecular weight is 572 g/mol. The molecule has 9 heteroatoms. The summed E-state index contributed by atoms with van der Waals surface area (Å²) in [5.41, 5.74) is 4.70. The van der Waals surface area contributed by atoms with Crippen LogP contribution in [0.2, 0.25) is 0 Å². The number of nitrogens with zero attached hydrogens (tertiary/aromatic N) is 1. The number of carbonyl (C=O) groups excluding carboxylic acids is 1. The molecule has 0 radical (unpaired) electrons. The highest BCUT2D eigenvalue weighted by Crippen LogP contribution is 2.39. The van der Waals surface area contributed by atoms with Gasteiger partial charge in [-0.1, -0.05) is 90.6 Å². The zero-order chi connectivity index (χ0) is 28.4. The van der Waals surface area contributed by atoms with Gasteiger partial charge in [0.25, 0.3) is 5.03 Å². The Hall–Kier alpha value is -3.89. The van der Waals surface area contributed by atoms with Gasteiger partial charge in [-0.05, 0) is 28.3 Å². The lowest BCUT2D eigenvalue weighted by atomic mass is 10.0. The first kappa shape index (κ1) is 28.6. The van der Waals surface area contributed by atoms with Gasteiger partial charge in [-0.15, -0.1) is 0 Å². The van der Waals surface area contributed by atoms with Crippen LogP contribution in [0.4, 0.5) is 4.79 Å². The van der Waals surface area contributed by atoms with E-state index in [4.69, 9.17) is 9.47 Å². The van der Waals surface area contributed by atoms with Crippen LogP contribution in [-0.4, -0.2) is 23.0 Å². The van der Waals surface area contributed by atoms with Gasteiger partial charge in [0.1, 0.15) is 0 Å². The second kappa shape index (κ2) is 14.1. The van der Waals surface area contributed by atoms with Gasteiger partial charge in [-0.2, -0.15) is 4.73 Å². The van der Waals surface area contributed by atoms with Gasteiger partial charge >= 0.3 is 6.03 Å². The molecule has 0 spiro atoms. The number of benzene rings is 3. The predicted octanol–water partition coefficient (Wildman–Crippen LogP) is 5.15. The summed E-state index contributed by atoms with van der Waals surface area (Å²) in [5, 5.41) is 27.9. The molecule has 3 atom stereocenters. The molecule has 4 aromatic rings. The Kier molecular flexibility index (Phi) is 9.87. The molecule has 1 aliphatic rings. The highest BCUT2D eigenvalue weighted by atomic mass is 32.2. The minimum Gasteiger partial charge on any atom is -0.618 e. The molecule has 0 saturated carbocycles. The SMILES string of the molecule is O=C(NCc1ccccc1)NCc1ccc(C2OC(CSc3cccc[n+]3[O-])CC(c3ccc(CO)cc3)O2)cc1. The van der Waals surface area contributed by atoms with E-state index in [1.807, 2.05) is 84.9 Å². The van der Waals surface area contributed by atoms with Crippen LogP contribution in [0.15, 0.2) is 108 Å². The number of nitrogens with one attached hydrogen (secondary N) is 2. The van der Waals surface area contributed by atoms with E-state index in [0.717, 1.165) is 32.5 Å². The number of carbonyl (C=O) groups is 1. The zero-order valence-corrected chi connectivity index (χ0v) is 23.3. The van der Waals surface area contributed by atoms with E-state index in [0.29, 0.717) is 30.3 Å². The number of thioether (sulfide) groups is 1. The van der Waals surface area contributed by atoms with E-state index >= 15 is 0 Å². The van der Waals surface area contributed by atoms with Crippen molar-refractivity contribution in [3.05, 3.63) is 136 Å². The normalized spacial score (nSPS) is 18.5. The van der Waals surface area contributed by atoms with Gasteiger partial charge in [0.2, 0.25) is 0 Å². The number of ether oxygens (including phenoxy) is 2. The first-order valence-corrected chi connectivity index (χ1v) is 14.5. The third-order valence-electron chi connectivity index (χ3n) is 6.82. The molecule has 212 valence electrons. The average Bonchev–Trinajstić information content (AvgIpc) is 3.03. The number of pyridine rings is 1. The smallest absolute Gasteiger partial charge is 0.315 e. The van der Waals surface area contributed by atoms with Crippen molar-refractivity contribution in [1.82, 2.24) is 10.6 Å². The Labute approximate surface area is 243 Å². The second-order valence-electron chi connectivity index (χ2n) is 9.79. The molecule has 2 amide bonds. The third-order valence-corrected chi connectivity index (χ3v) is 7.97. The fourth-order valence-corrected chi connectivity index (χ4v) is 5.48. The van der Waals surface area contributed by atoms with E-state index in [9.17, 15) is 15.1 Å². The number of hydrogen-bond acceptors (Lipinski definition) is 6. The molecule has 1 aromatic heterocycles. The Balaban J connectivity index is 1.22. The summed E-state index contributed by atoms with van der Waals surface area (Å²) in [5.74, 6) is 0.595. The van der Waals surface area contributed by atoms with E-state index in [-0.39, 0.29) is 24.8 Å². The first-order valence-electron chi connectivity index (χ1n) is 13.5. The molecule has 1 fully saturated rings. The van der Waals surface area contributed by atoms with Crippen LogP contribution in [0, 0.1) is 5.21 Å². The van der Waals surface area contributed by atoms with E-state index in [1.165, 1.54) is 18.0 Å². The quantitative estimate of drug-likeness (QED) is 0.138. The maximum Gasteiger partial charge on any atom is 0.315 e. The van der Waals surface area contributed by atoms with Crippen LogP contribution < -0.4 is 15.4 Å². The number of aromatic nitrogens is 1. The minimum atomic E-state index is -0.594. The molecule has 41 heavy (non-hydrogen) atoms. The van der Waals surface area contributed by atoms with Crippen molar-refractivity contribution < 1.29 is 24.1 Å². The van der Waals surface area contributed by atoms with Gasteiger partial charge in [-0.3, -0.25) is 0 Å². The van der Waals surface area contributed by atoms with E-state index in [2.05, 4.69) is 10.6 Å². The van der Waals surface area contributed by atoms with Crippen LogP contribution >= 0.6 is 11.8 Å². The van der Waals surface area contributed by atoms with Gasteiger partial charge in [0, 0.05) is 43.0 Å². The van der Waals surface area contributed by atoms with Crippen molar-refractivity contribution >= 4 is 17.8 Å². The van der Waals surface area contributed by atoms with Crippen molar-refractivity contribution in [3.8, 4) is 0 Å². The summed E-state index contributed by atoms with van der Waals surface area (Å²) in [6.45, 7) is 0.835. The van der Waals surface area contributed by atoms with E-state index in [1.54, 1.807) is 12.1 Å². The summed E-state index contributed by atoms with van der Waals surface area (Å²) >= 11 is 1.46. The van der Waals surface area contributed by atoms with Crippen molar-refractivity contribution in [2.24, 2.45) is 0 Å². The highest BCUT2D eigenvalue weighted by molar-refractivity contribution is 7.99. The Morgan fingerprint density at radius 3 is 2.15 bits per heavy atom. The standard InChI is InChI=1S/C32H33N3O5S/c36-21-25-11-13-26(14-12-25)29-18-28(22-41-30-8-4-5-17-35(30)38)39-31(40-29)27-15-9-24(10-16-27)20-34-32(37)33-19-23-6-2-1-3-7-23/h1-17,28-29,31,36H,18-22H2,(H2,33,34,37). The molecule has 2 heterocycles. The lowest BCUT2D eigenvalue weighted by Gasteiger charge is -2.36. The van der Waals surface area contributed by atoms with Crippen molar-refractivity contribution in [3.63, 3.8) is 0 Å². The molecule has 0 bridgehead atoms. The van der Waals surface area contributed by atoms with Gasteiger partial charge < -0.3 is 30.4 Å². The second-order valence-corrected chi connectivity index (χ2v) is 10.8. The number of rotatable bonds is 10. The zero-order valence-electron chi connectivity index (χ0n) is 22.5. The molecule has 3 N–H and O–H groups in total. The summed E-state index contributed by atoms with van der Waals surface area (Å²) in [6, 6.07) is 30.4. The molecule has 3 aromatic carbocycles. The number of amides is 2. The van der Waals surface area contributed by atoms with Crippen molar-refractivity contribution in [2.45, 2.75) is 49.6 Å². The van der Waals surface area contributed by atoms with Crippen LogP contribution in [0.3, 0.4) is 0 Å². The predicted molar refractivity (Wildman–Crippen MR) is 157 cm³/mol. The fraction of sp³-hybridized carbons (Fsp3) is 0.250. The largest absolute Gasteiger partial charge is 0.618 e. The molecule has 1 aliphatic heterocycles. The van der Waals surface area contributed by atoms with E-state index < -0.39 is 6.29 Å². The summed E-state index contributed by atoms with van der Waals surface area (Å²) < 4.78 is 13.6. The summed E-state index contributed by atoms with van der Waals surface area (Å²) in [7, 11) is 0. The fourth-order valence-electron chi connectivity index (χ4n) is 4.54. The van der Waals surface area contributed by atoms with Crippen molar-refractivity contribution in [2.75, 3.05) is 5.75 Å². The van der Waals surface area contributed by atoms with Crippen LogP contribution in [0.1, 0.15) is 46.6 Å². The molecular weight excluding hydrogens is 538 g/mol. The van der Waals surface area contributed by atoms with Crippen LogP contribution in [0.5, 0.6) is 0 Å². The number of aliphatic hydroxyl groups is 1. The Morgan fingerprint density at radius 1 is 0.829 bits per heavy atom. The molecule has 1 saturated heterocycles. The Morgan fingerprint density at radius 2 is 1.46 bits per heavy atom. The highest BCUT2D eigenvalue weighted by Gasteiger charge is 2.32. The van der Waals surface area contributed by atoms with Crippen molar-refractivity contribution in [1.29, 1.82) is 0 Å². The van der Waals surface area contributed by atoms with Gasteiger partial charge in [-0.25, -0.2) is 4.79 Å². The number of urea groups is 1. The molecule has 8 nitrogen and oxygen atoms in total. The summed E-state index contributed by atoms with van der Waals surface area (Å²) in [6.07, 6.45) is 1.16. The molecule has 0 aliphatic carbocycles. The third kappa shape index (κ3) is 8.08. The minimum absolute atomic E-state index is 0.0149. The number of aliphatic hydroxyl groups excluding tert-OH is 1. The molecule has 3 unspecified atom stereocenters. The Bertz CT molecular complexity index is 1400. The van der Waals surface area contributed by atoms with Crippen LogP contribution in [0.25, 0.3) is 0 Å². The first-order chi connectivity index (χ1) is 20.1. The molecule has 5 rings (SSSR count). The maximum absolute atomic E-state index is 12.2. The van der Waals surface area contributed by atoms with Gasteiger partial charge in [0.05, 0.1) is 18.8 Å². The maximum atomic E-state index is 12.2. The molecular formula is C32H33N3O5S. The van der Waals surface area contributed by atoms with Gasteiger partial charge in [0.15, 0.2) is 12.5 Å². The monoisotopic (exact) mass is 571 g/mol.